The van der Waals surface area contributed by atoms with Crippen LogP contribution in [0.25, 0.3) is 11.2 Å². The van der Waals surface area contributed by atoms with Crippen LogP contribution >= 0.6 is 0 Å². The molecule has 4 bridgehead atoms. The van der Waals surface area contributed by atoms with Crippen LogP contribution in [0.2, 0.25) is 0 Å². The lowest BCUT2D eigenvalue weighted by Gasteiger charge is -2.58. The van der Waals surface area contributed by atoms with E-state index in [1.807, 2.05) is 25.1 Å². The van der Waals surface area contributed by atoms with Gasteiger partial charge < -0.3 is 20.7 Å². The lowest BCUT2D eigenvalue weighted by Crippen LogP contribution is -2.59. The van der Waals surface area contributed by atoms with Crippen LogP contribution in [-0.2, 0) is 0 Å². The first kappa shape index (κ1) is 19.7. The molecule has 8 nitrogen and oxygen atoms in total. The van der Waals surface area contributed by atoms with Gasteiger partial charge in [-0.1, -0.05) is 6.07 Å². The highest BCUT2D eigenvalue weighted by atomic mass is 16.3. The third kappa shape index (κ3) is 3.24. The van der Waals surface area contributed by atoms with Crippen molar-refractivity contribution >= 4 is 22.8 Å². The molecule has 8 heteroatoms. The summed E-state index contributed by atoms with van der Waals surface area (Å²) in [4.78, 5) is 29.6. The molecule has 4 N–H and O–H groups in total. The van der Waals surface area contributed by atoms with Gasteiger partial charge in [0.25, 0.3) is 5.91 Å². The minimum absolute atomic E-state index is 0.203. The third-order valence-electron chi connectivity index (χ3n) is 7.72. The van der Waals surface area contributed by atoms with E-state index in [0.717, 1.165) is 43.5 Å². The number of carbonyl (C=O) groups is 1. The largest absolute Gasteiger partial charge is 0.390 e. The standard InChI is InChI=1S/C24H28N6O2/c1-13(18-4-2-3-5-25-18)29-23(31)17-11-26-22-21(27-12-28-22)20(17)30-19-15-6-14-7-16(19)10-24(32,8-14)9-15/h2-5,11-16,19,32H,6-10H2,1H3,(H,29,31)(H2,26,27,28,30)/t13?,14?,15?,16?,19-,24+. The molecule has 3 atom stereocenters. The molecule has 0 radical (unpaired) electrons. The molecule has 7 rings (SSSR count). The number of anilines is 1. The van der Waals surface area contributed by atoms with Gasteiger partial charge in [-0.2, -0.15) is 0 Å². The number of aliphatic hydroxyl groups is 1. The average Bonchev–Trinajstić information content (AvgIpc) is 3.25. The molecule has 3 unspecified atom stereocenters. The number of imidazole rings is 1. The molecule has 3 heterocycles. The molecule has 166 valence electrons. The zero-order valence-electron chi connectivity index (χ0n) is 18.1. The van der Waals surface area contributed by atoms with Crippen LogP contribution in [0.1, 0.15) is 61.1 Å². The third-order valence-corrected chi connectivity index (χ3v) is 7.72. The number of rotatable bonds is 5. The number of aromatic amines is 1. The van der Waals surface area contributed by atoms with Gasteiger partial charge in [0.1, 0.15) is 5.52 Å². The number of hydrogen-bond acceptors (Lipinski definition) is 6. The molecule has 4 aliphatic carbocycles. The smallest absolute Gasteiger partial charge is 0.255 e. The summed E-state index contributed by atoms with van der Waals surface area (Å²) in [6.07, 6.45) is 9.86. The predicted molar refractivity (Wildman–Crippen MR) is 120 cm³/mol. The topological polar surface area (TPSA) is 116 Å². The average molecular weight is 433 g/mol. The fourth-order valence-corrected chi connectivity index (χ4v) is 6.57. The maximum absolute atomic E-state index is 13.3. The predicted octanol–water partition coefficient (Wildman–Crippen LogP) is 3.20. The minimum Gasteiger partial charge on any atom is -0.390 e. The van der Waals surface area contributed by atoms with E-state index >= 15 is 0 Å². The van der Waals surface area contributed by atoms with E-state index in [9.17, 15) is 9.90 Å². The number of pyridine rings is 2. The van der Waals surface area contributed by atoms with Gasteiger partial charge in [0, 0.05) is 18.4 Å². The van der Waals surface area contributed by atoms with Gasteiger partial charge in [-0.15, -0.1) is 0 Å². The maximum Gasteiger partial charge on any atom is 0.255 e. The van der Waals surface area contributed by atoms with Crippen LogP contribution < -0.4 is 10.6 Å². The SMILES string of the molecule is CC(NC(=O)c1cnc2[nH]cnc2c1N[C@H]1C2CC3CC1C[C@@](O)(C3)C2)c1ccccn1. The highest BCUT2D eigenvalue weighted by Crippen LogP contribution is 2.56. The van der Waals surface area contributed by atoms with E-state index < -0.39 is 5.60 Å². The first-order valence-electron chi connectivity index (χ1n) is 11.5. The van der Waals surface area contributed by atoms with Gasteiger partial charge in [0.2, 0.25) is 0 Å². The van der Waals surface area contributed by atoms with Crippen LogP contribution in [0, 0.1) is 17.8 Å². The molecule has 0 spiro atoms. The molecular weight excluding hydrogens is 404 g/mol. The Labute approximate surface area is 186 Å². The molecule has 0 aromatic carbocycles. The monoisotopic (exact) mass is 432 g/mol. The Morgan fingerprint density at radius 1 is 1.19 bits per heavy atom. The van der Waals surface area contributed by atoms with Crippen LogP contribution in [0.4, 0.5) is 5.69 Å². The van der Waals surface area contributed by atoms with Gasteiger partial charge >= 0.3 is 0 Å². The van der Waals surface area contributed by atoms with Crippen molar-refractivity contribution in [3.05, 3.63) is 48.2 Å². The fraction of sp³-hybridized carbons (Fsp3) is 0.500. The van der Waals surface area contributed by atoms with Gasteiger partial charge in [-0.25, -0.2) is 9.97 Å². The number of H-pyrrole nitrogens is 1. The second-order valence-electron chi connectivity index (χ2n) is 9.96. The van der Waals surface area contributed by atoms with E-state index in [4.69, 9.17) is 0 Å². The summed E-state index contributed by atoms with van der Waals surface area (Å²) in [7, 11) is 0. The van der Waals surface area contributed by atoms with Crippen LogP contribution in [-0.4, -0.2) is 42.6 Å². The molecule has 4 fully saturated rings. The Balaban J connectivity index is 1.31. The highest BCUT2D eigenvalue weighted by Gasteiger charge is 2.54. The molecule has 0 saturated heterocycles. The first-order chi connectivity index (χ1) is 15.5. The normalized spacial score (nSPS) is 31.6. The Bertz CT molecular complexity index is 1150. The van der Waals surface area contributed by atoms with Gasteiger partial charge in [0.05, 0.1) is 34.9 Å². The van der Waals surface area contributed by atoms with Crippen molar-refractivity contribution in [2.75, 3.05) is 5.32 Å². The zero-order chi connectivity index (χ0) is 21.9. The summed E-state index contributed by atoms with van der Waals surface area (Å²) in [5, 5.41) is 17.7. The fourth-order valence-electron chi connectivity index (χ4n) is 6.57. The Kier molecular flexibility index (Phi) is 4.47. The molecule has 4 saturated carbocycles. The van der Waals surface area contributed by atoms with Gasteiger partial charge in [-0.05, 0) is 68.9 Å². The molecular formula is C24H28N6O2. The second-order valence-corrected chi connectivity index (χ2v) is 9.96. The van der Waals surface area contributed by atoms with Crippen molar-refractivity contribution in [2.45, 2.75) is 56.7 Å². The number of aromatic nitrogens is 4. The lowest BCUT2D eigenvalue weighted by atomic mass is 9.52. The quantitative estimate of drug-likeness (QED) is 0.492. The number of fused-ring (bicyclic) bond motifs is 1. The number of carbonyl (C=O) groups excluding carboxylic acids is 1. The number of amides is 1. The van der Waals surface area contributed by atoms with Crippen molar-refractivity contribution in [1.29, 1.82) is 0 Å². The molecule has 1 amide bonds. The summed E-state index contributed by atoms with van der Waals surface area (Å²) in [5.74, 6) is 1.25. The summed E-state index contributed by atoms with van der Waals surface area (Å²) in [6, 6.07) is 5.67. The van der Waals surface area contributed by atoms with E-state index in [1.54, 1.807) is 18.7 Å². The number of hydrogen-bond donors (Lipinski definition) is 4. The Hall–Kier alpha value is -3.00. The molecule has 4 aliphatic rings. The molecule has 3 aromatic rings. The summed E-state index contributed by atoms with van der Waals surface area (Å²) in [6.45, 7) is 1.92. The van der Waals surface area contributed by atoms with Gasteiger partial charge in [0.15, 0.2) is 5.65 Å². The number of nitrogens with one attached hydrogen (secondary N) is 3. The van der Waals surface area contributed by atoms with Crippen molar-refractivity contribution in [1.82, 2.24) is 25.3 Å². The maximum atomic E-state index is 13.3. The summed E-state index contributed by atoms with van der Waals surface area (Å²) < 4.78 is 0. The molecule has 32 heavy (non-hydrogen) atoms. The first-order valence-corrected chi connectivity index (χ1v) is 11.5. The molecule has 0 aliphatic heterocycles. The number of nitrogens with zero attached hydrogens (tertiary/aromatic N) is 3. The van der Waals surface area contributed by atoms with Crippen molar-refractivity contribution in [3.63, 3.8) is 0 Å². The van der Waals surface area contributed by atoms with Gasteiger partial charge in [-0.3, -0.25) is 9.78 Å². The molecule has 3 aromatic heterocycles. The zero-order valence-corrected chi connectivity index (χ0v) is 18.1. The van der Waals surface area contributed by atoms with E-state index in [0.29, 0.717) is 34.5 Å². The van der Waals surface area contributed by atoms with E-state index in [-0.39, 0.29) is 18.0 Å². The van der Waals surface area contributed by atoms with Crippen molar-refractivity contribution in [3.8, 4) is 0 Å². The Morgan fingerprint density at radius 2 is 2.00 bits per heavy atom. The lowest BCUT2D eigenvalue weighted by molar-refractivity contribution is -0.129. The summed E-state index contributed by atoms with van der Waals surface area (Å²) >= 11 is 0. The summed E-state index contributed by atoms with van der Waals surface area (Å²) in [5.41, 5.74) is 2.86. The van der Waals surface area contributed by atoms with E-state index in [1.165, 1.54) is 0 Å². The second kappa shape index (κ2) is 7.27. The Morgan fingerprint density at radius 3 is 2.72 bits per heavy atom. The van der Waals surface area contributed by atoms with Crippen LogP contribution in [0.15, 0.2) is 36.9 Å². The van der Waals surface area contributed by atoms with Crippen LogP contribution in [0.5, 0.6) is 0 Å². The van der Waals surface area contributed by atoms with Crippen molar-refractivity contribution in [2.24, 2.45) is 17.8 Å². The van der Waals surface area contributed by atoms with Crippen molar-refractivity contribution < 1.29 is 9.90 Å². The minimum atomic E-state index is -0.493. The highest BCUT2D eigenvalue weighted by molar-refractivity contribution is 6.05. The van der Waals surface area contributed by atoms with Crippen LogP contribution in [0.3, 0.4) is 0 Å². The van der Waals surface area contributed by atoms with E-state index in [2.05, 4.69) is 30.6 Å².